The molecule has 19 heavy (non-hydrogen) atoms. The van der Waals surface area contributed by atoms with Crippen molar-refractivity contribution in [1.29, 1.82) is 5.26 Å². The summed E-state index contributed by atoms with van der Waals surface area (Å²) >= 11 is 12.4. The number of halogens is 2. The summed E-state index contributed by atoms with van der Waals surface area (Å²) in [7, 11) is 0. The fourth-order valence-electron chi connectivity index (χ4n) is 1.81. The van der Waals surface area contributed by atoms with Crippen LogP contribution in [0.4, 0.5) is 0 Å². The smallest absolute Gasteiger partial charge is 0.176 e. The number of rotatable bonds is 1. The van der Waals surface area contributed by atoms with Gasteiger partial charge in [-0.15, -0.1) is 0 Å². The Kier molecular flexibility index (Phi) is 2.86. The quantitative estimate of drug-likeness (QED) is 0.688. The standard InChI is InChI=1S/C13H6Cl2N4/c14-11-13-17-5-6-19(13)12(15)10(18-11)9-3-1-8(7-16)2-4-9/h1-6H. The van der Waals surface area contributed by atoms with Gasteiger partial charge >= 0.3 is 0 Å². The number of hydrogen-bond acceptors (Lipinski definition) is 3. The molecule has 0 saturated heterocycles. The van der Waals surface area contributed by atoms with E-state index in [1.165, 1.54) is 0 Å². The SMILES string of the molecule is N#Cc1ccc(-c2nc(Cl)c3nccn3c2Cl)cc1. The molecule has 3 aromatic rings. The summed E-state index contributed by atoms with van der Waals surface area (Å²) in [5.74, 6) is 0. The van der Waals surface area contributed by atoms with Gasteiger partial charge in [-0.3, -0.25) is 4.40 Å². The van der Waals surface area contributed by atoms with Gasteiger partial charge < -0.3 is 0 Å². The van der Waals surface area contributed by atoms with Crippen LogP contribution in [0.2, 0.25) is 10.3 Å². The molecule has 0 saturated carbocycles. The maximum Gasteiger partial charge on any atom is 0.176 e. The van der Waals surface area contributed by atoms with Crippen molar-refractivity contribution in [1.82, 2.24) is 14.4 Å². The molecule has 2 aromatic heterocycles. The van der Waals surface area contributed by atoms with Crippen molar-refractivity contribution in [3.63, 3.8) is 0 Å². The van der Waals surface area contributed by atoms with E-state index in [2.05, 4.69) is 16.0 Å². The molecule has 0 amide bonds. The van der Waals surface area contributed by atoms with Gasteiger partial charge in [0.25, 0.3) is 0 Å². The van der Waals surface area contributed by atoms with E-state index in [1.807, 2.05) is 0 Å². The van der Waals surface area contributed by atoms with E-state index >= 15 is 0 Å². The summed E-state index contributed by atoms with van der Waals surface area (Å²) in [6.07, 6.45) is 3.33. The molecule has 0 aliphatic heterocycles. The molecule has 0 N–H and O–H groups in total. The minimum Gasteiger partial charge on any atom is -0.286 e. The molecule has 0 radical (unpaired) electrons. The van der Waals surface area contributed by atoms with Gasteiger partial charge in [0, 0.05) is 18.0 Å². The first kappa shape index (κ1) is 12.0. The van der Waals surface area contributed by atoms with Crippen molar-refractivity contribution < 1.29 is 0 Å². The van der Waals surface area contributed by atoms with E-state index in [0.29, 0.717) is 22.1 Å². The first-order chi connectivity index (χ1) is 9.20. The Balaban J connectivity index is 2.24. The zero-order chi connectivity index (χ0) is 13.4. The Hall–Kier alpha value is -2.09. The minimum absolute atomic E-state index is 0.286. The van der Waals surface area contributed by atoms with E-state index in [0.717, 1.165) is 5.56 Å². The Morgan fingerprint density at radius 2 is 1.89 bits per heavy atom. The number of benzene rings is 1. The fraction of sp³-hybridized carbons (Fsp3) is 0. The lowest BCUT2D eigenvalue weighted by Crippen LogP contribution is -1.95. The lowest BCUT2D eigenvalue weighted by Gasteiger charge is -2.07. The average Bonchev–Trinajstić information content (AvgIpc) is 2.93. The van der Waals surface area contributed by atoms with Crippen LogP contribution in [-0.2, 0) is 0 Å². The zero-order valence-corrected chi connectivity index (χ0v) is 11.0. The summed E-state index contributed by atoms with van der Waals surface area (Å²) in [6, 6.07) is 9.05. The lowest BCUT2D eigenvalue weighted by atomic mass is 10.1. The van der Waals surface area contributed by atoms with Crippen LogP contribution in [0, 0.1) is 11.3 Å². The van der Waals surface area contributed by atoms with Crippen LogP contribution in [0.3, 0.4) is 0 Å². The first-order valence-corrected chi connectivity index (χ1v) is 6.15. The molecule has 0 aliphatic rings. The van der Waals surface area contributed by atoms with Crippen molar-refractivity contribution in [2.45, 2.75) is 0 Å². The van der Waals surface area contributed by atoms with E-state index in [4.69, 9.17) is 28.5 Å². The summed E-state index contributed by atoms with van der Waals surface area (Å²) in [5, 5.41) is 9.50. The van der Waals surface area contributed by atoms with Gasteiger partial charge in [0.2, 0.25) is 0 Å². The van der Waals surface area contributed by atoms with Crippen molar-refractivity contribution >= 4 is 28.8 Å². The van der Waals surface area contributed by atoms with Crippen LogP contribution in [0.5, 0.6) is 0 Å². The van der Waals surface area contributed by atoms with Gasteiger partial charge in [-0.05, 0) is 12.1 Å². The second-order valence-corrected chi connectivity index (χ2v) is 4.57. The fourth-order valence-corrected chi connectivity index (χ4v) is 2.32. The Labute approximate surface area is 118 Å². The second kappa shape index (κ2) is 4.54. The molecule has 2 heterocycles. The van der Waals surface area contributed by atoms with Gasteiger partial charge in [0.05, 0.1) is 11.6 Å². The molecule has 0 aliphatic carbocycles. The third-order valence-corrected chi connectivity index (χ3v) is 3.34. The Morgan fingerprint density at radius 1 is 1.16 bits per heavy atom. The molecule has 0 atom stereocenters. The van der Waals surface area contributed by atoms with Gasteiger partial charge in [-0.1, -0.05) is 35.3 Å². The lowest BCUT2D eigenvalue weighted by molar-refractivity contribution is 1.13. The van der Waals surface area contributed by atoms with Crippen LogP contribution in [-0.4, -0.2) is 14.4 Å². The van der Waals surface area contributed by atoms with Gasteiger partial charge in [-0.2, -0.15) is 5.26 Å². The minimum atomic E-state index is 0.286. The topological polar surface area (TPSA) is 54.0 Å². The molecule has 3 rings (SSSR count). The molecule has 1 aromatic carbocycles. The highest BCUT2D eigenvalue weighted by Gasteiger charge is 2.13. The van der Waals surface area contributed by atoms with Crippen molar-refractivity contribution in [3.05, 3.63) is 52.5 Å². The highest BCUT2D eigenvalue weighted by atomic mass is 35.5. The van der Waals surface area contributed by atoms with E-state index in [-0.39, 0.29) is 5.15 Å². The van der Waals surface area contributed by atoms with E-state index in [9.17, 15) is 0 Å². The van der Waals surface area contributed by atoms with E-state index < -0.39 is 0 Å². The number of aromatic nitrogens is 3. The van der Waals surface area contributed by atoms with E-state index in [1.54, 1.807) is 41.1 Å². The number of imidazole rings is 1. The summed E-state index contributed by atoms with van der Waals surface area (Å²) < 4.78 is 1.67. The predicted molar refractivity (Wildman–Crippen MR) is 73.2 cm³/mol. The maximum atomic E-state index is 8.79. The van der Waals surface area contributed by atoms with Crippen LogP contribution in [0.25, 0.3) is 16.9 Å². The average molecular weight is 289 g/mol. The van der Waals surface area contributed by atoms with Crippen LogP contribution >= 0.6 is 23.2 Å². The molecule has 4 nitrogen and oxygen atoms in total. The van der Waals surface area contributed by atoms with Gasteiger partial charge in [0.1, 0.15) is 10.8 Å². The molecule has 6 heteroatoms. The highest BCUT2D eigenvalue weighted by Crippen LogP contribution is 2.29. The summed E-state index contributed by atoms with van der Waals surface area (Å²) in [6.45, 7) is 0. The number of nitriles is 1. The third kappa shape index (κ3) is 1.93. The van der Waals surface area contributed by atoms with Crippen molar-refractivity contribution in [2.75, 3.05) is 0 Å². The van der Waals surface area contributed by atoms with Gasteiger partial charge in [0.15, 0.2) is 10.8 Å². The van der Waals surface area contributed by atoms with Crippen molar-refractivity contribution in [2.24, 2.45) is 0 Å². The normalized spacial score (nSPS) is 10.6. The van der Waals surface area contributed by atoms with Crippen LogP contribution in [0.1, 0.15) is 5.56 Å². The Morgan fingerprint density at radius 3 is 2.58 bits per heavy atom. The molecular weight excluding hydrogens is 283 g/mol. The monoisotopic (exact) mass is 288 g/mol. The molecule has 92 valence electrons. The van der Waals surface area contributed by atoms with Crippen LogP contribution in [0.15, 0.2) is 36.7 Å². The molecule has 0 unspecified atom stereocenters. The molecule has 0 bridgehead atoms. The third-order valence-electron chi connectivity index (χ3n) is 2.73. The first-order valence-electron chi connectivity index (χ1n) is 5.39. The number of nitrogens with zero attached hydrogens (tertiary/aromatic N) is 4. The van der Waals surface area contributed by atoms with Crippen LogP contribution < -0.4 is 0 Å². The predicted octanol–water partition coefficient (Wildman–Crippen LogP) is 3.57. The maximum absolute atomic E-state index is 8.79. The summed E-state index contributed by atoms with van der Waals surface area (Å²) in [5.41, 5.74) is 2.45. The van der Waals surface area contributed by atoms with Gasteiger partial charge in [-0.25, -0.2) is 9.97 Å². The molecule has 0 fully saturated rings. The number of hydrogen-bond donors (Lipinski definition) is 0. The Bertz CT molecular complexity index is 800. The number of fused-ring (bicyclic) bond motifs is 1. The highest BCUT2D eigenvalue weighted by molar-refractivity contribution is 6.35. The summed E-state index contributed by atoms with van der Waals surface area (Å²) in [4.78, 5) is 8.35. The largest absolute Gasteiger partial charge is 0.286 e. The molecule has 0 spiro atoms. The second-order valence-electron chi connectivity index (χ2n) is 3.85. The molecular formula is C13H6Cl2N4. The zero-order valence-electron chi connectivity index (χ0n) is 9.51. The van der Waals surface area contributed by atoms with Crippen molar-refractivity contribution in [3.8, 4) is 17.3 Å².